The van der Waals surface area contributed by atoms with Crippen LogP contribution in [0, 0.1) is 0 Å². The van der Waals surface area contributed by atoms with E-state index in [0.717, 1.165) is 5.56 Å². The van der Waals surface area contributed by atoms with E-state index in [0.29, 0.717) is 18.8 Å². The molecule has 0 bridgehead atoms. The second-order valence-electron chi connectivity index (χ2n) is 3.58. The summed E-state index contributed by atoms with van der Waals surface area (Å²) in [5.74, 6) is 0.317. The van der Waals surface area contributed by atoms with Crippen molar-refractivity contribution in [2.75, 3.05) is 13.2 Å². The minimum atomic E-state index is -0.197. The first-order valence-corrected chi connectivity index (χ1v) is 6.42. The molecule has 0 saturated heterocycles. The number of aliphatic hydroxyl groups is 1. The van der Waals surface area contributed by atoms with E-state index in [-0.39, 0.29) is 19.1 Å². The molecule has 0 fully saturated rings. The number of carbonyl (C=O) groups excluding carboxylic acids is 1. The van der Waals surface area contributed by atoms with E-state index in [4.69, 9.17) is 5.11 Å². The van der Waals surface area contributed by atoms with Crippen LogP contribution in [0.2, 0.25) is 0 Å². The monoisotopic (exact) mass is 267 g/mol. The van der Waals surface area contributed by atoms with Crippen LogP contribution >= 0.6 is 11.3 Å². The molecule has 2 N–H and O–H groups in total. The third-order valence-electron chi connectivity index (χ3n) is 2.17. The van der Waals surface area contributed by atoms with Crippen LogP contribution in [0.1, 0.15) is 6.42 Å². The molecule has 2 aromatic heterocycles. The summed E-state index contributed by atoms with van der Waals surface area (Å²) in [6.45, 7) is 0.536. The smallest absolute Gasteiger partial charge is 0.243 e. The number of rotatable bonds is 6. The van der Waals surface area contributed by atoms with Gasteiger partial charge in [0, 0.05) is 24.1 Å². The molecule has 0 spiro atoms. The molecule has 0 atom stereocenters. The quantitative estimate of drug-likeness (QED) is 0.713. The number of aliphatic hydroxyl groups excluding tert-OH is 1. The van der Waals surface area contributed by atoms with Gasteiger partial charge in [0.05, 0.1) is 0 Å². The molecule has 8 heteroatoms. The van der Waals surface area contributed by atoms with Crippen LogP contribution in [0.3, 0.4) is 0 Å². The minimum absolute atomic E-state index is 0.0303. The predicted molar refractivity (Wildman–Crippen MR) is 65.8 cm³/mol. The molecule has 96 valence electrons. The summed E-state index contributed by atoms with van der Waals surface area (Å²) in [7, 11) is 0. The summed E-state index contributed by atoms with van der Waals surface area (Å²) in [4.78, 5) is 12.7. The SMILES string of the molecule is O=C(Cn1nnc(-c2ccsc2)n1)NCCCO. The number of nitrogens with zero attached hydrogens (tertiary/aromatic N) is 4. The van der Waals surface area contributed by atoms with Crippen molar-refractivity contribution in [3.8, 4) is 11.4 Å². The Kier molecular flexibility index (Phi) is 4.37. The number of carbonyl (C=O) groups is 1. The van der Waals surface area contributed by atoms with Crippen LogP contribution in [-0.2, 0) is 11.3 Å². The van der Waals surface area contributed by atoms with Crippen molar-refractivity contribution >= 4 is 17.2 Å². The van der Waals surface area contributed by atoms with Gasteiger partial charge in [-0.15, -0.1) is 10.2 Å². The van der Waals surface area contributed by atoms with Gasteiger partial charge in [-0.2, -0.15) is 16.1 Å². The Morgan fingerprint density at radius 3 is 3.17 bits per heavy atom. The molecule has 1 amide bonds. The van der Waals surface area contributed by atoms with Crippen LogP contribution in [-0.4, -0.2) is 44.4 Å². The van der Waals surface area contributed by atoms with E-state index in [2.05, 4.69) is 20.7 Å². The summed E-state index contributed by atoms with van der Waals surface area (Å²) >= 11 is 1.55. The highest BCUT2D eigenvalue weighted by Crippen LogP contribution is 2.16. The Labute approximate surface area is 107 Å². The Hall–Kier alpha value is -1.80. The highest BCUT2D eigenvalue weighted by atomic mass is 32.1. The molecule has 0 aromatic carbocycles. The van der Waals surface area contributed by atoms with Crippen molar-refractivity contribution in [1.82, 2.24) is 25.5 Å². The maximum atomic E-state index is 11.5. The maximum absolute atomic E-state index is 11.5. The van der Waals surface area contributed by atoms with Crippen LogP contribution < -0.4 is 5.32 Å². The lowest BCUT2D eigenvalue weighted by Crippen LogP contribution is -2.29. The van der Waals surface area contributed by atoms with E-state index in [9.17, 15) is 4.79 Å². The van der Waals surface area contributed by atoms with Gasteiger partial charge in [0.1, 0.15) is 6.54 Å². The first kappa shape index (κ1) is 12.7. The predicted octanol–water partition coefficient (Wildman–Crippen LogP) is -0.0998. The lowest BCUT2D eigenvalue weighted by atomic mass is 10.3. The van der Waals surface area contributed by atoms with Gasteiger partial charge in [-0.25, -0.2) is 0 Å². The van der Waals surface area contributed by atoms with Crippen molar-refractivity contribution < 1.29 is 9.90 Å². The first-order valence-electron chi connectivity index (χ1n) is 5.47. The van der Waals surface area contributed by atoms with Crippen LogP contribution in [0.25, 0.3) is 11.4 Å². The zero-order valence-corrected chi connectivity index (χ0v) is 10.4. The summed E-state index contributed by atoms with van der Waals surface area (Å²) < 4.78 is 0. The minimum Gasteiger partial charge on any atom is -0.396 e. The molecule has 2 heterocycles. The molecule has 0 saturated carbocycles. The van der Waals surface area contributed by atoms with Crippen molar-refractivity contribution in [2.45, 2.75) is 13.0 Å². The molecule has 2 rings (SSSR count). The van der Waals surface area contributed by atoms with Crippen molar-refractivity contribution in [1.29, 1.82) is 0 Å². The van der Waals surface area contributed by atoms with Gasteiger partial charge in [0.25, 0.3) is 0 Å². The average molecular weight is 267 g/mol. The van der Waals surface area contributed by atoms with E-state index < -0.39 is 0 Å². The van der Waals surface area contributed by atoms with Gasteiger partial charge in [0.15, 0.2) is 0 Å². The molecule has 0 aliphatic heterocycles. The highest BCUT2D eigenvalue weighted by Gasteiger charge is 2.08. The number of hydrogen-bond donors (Lipinski definition) is 2. The largest absolute Gasteiger partial charge is 0.396 e. The molecular weight excluding hydrogens is 254 g/mol. The van der Waals surface area contributed by atoms with Crippen molar-refractivity contribution in [3.05, 3.63) is 16.8 Å². The van der Waals surface area contributed by atoms with Crippen LogP contribution in [0.15, 0.2) is 16.8 Å². The van der Waals surface area contributed by atoms with Gasteiger partial charge < -0.3 is 10.4 Å². The molecule has 0 radical (unpaired) electrons. The molecule has 0 aliphatic carbocycles. The topological polar surface area (TPSA) is 92.9 Å². The number of nitrogens with one attached hydrogen (secondary N) is 1. The average Bonchev–Trinajstić information content (AvgIpc) is 2.98. The summed E-state index contributed by atoms with van der Waals surface area (Å²) in [5.41, 5.74) is 0.895. The normalized spacial score (nSPS) is 10.5. The Balaban J connectivity index is 1.89. The zero-order valence-electron chi connectivity index (χ0n) is 9.61. The third kappa shape index (κ3) is 3.34. The number of thiophene rings is 1. The number of amides is 1. The Bertz CT molecular complexity index is 496. The van der Waals surface area contributed by atoms with Crippen LogP contribution in [0.5, 0.6) is 0 Å². The van der Waals surface area contributed by atoms with Gasteiger partial charge >= 0.3 is 0 Å². The van der Waals surface area contributed by atoms with Gasteiger partial charge in [-0.1, -0.05) is 0 Å². The lowest BCUT2D eigenvalue weighted by molar-refractivity contribution is -0.122. The fourth-order valence-electron chi connectivity index (χ4n) is 1.31. The first-order chi connectivity index (χ1) is 8.79. The maximum Gasteiger partial charge on any atom is 0.243 e. The van der Waals surface area contributed by atoms with E-state index >= 15 is 0 Å². The second kappa shape index (κ2) is 6.22. The molecule has 2 aromatic rings. The lowest BCUT2D eigenvalue weighted by Gasteiger charge is -2.01. The fraction of sp³-hybridized carbons (Fsp3) is 0.400. The Morgan fingerprint density at radius 1 is 1.56 bits per heavy atom. The highest BCUT2D eigenvalue weighted by molar-refractivity contribution is 7.08. The molecule has 0 aliphatic rings. The van der Waals surface area contributed by atoms with Crippen LogP contribution in [0.4, 0.5) is 0 Å². The molecular formula is C10H13N5O2S. The fourth-order valence-corrected chi connectivity index (χ4v) is 1.94. The standard InChI is InChI=1S/C10H13N5O2S/c16-4-1-3-11-9(17)6-15-13-10(12-14-15)8-2-5-18-7-8/h2,5,7,16H,1,3-4,6H2,(H,11,17). The number of tetrazole rings is 1. The third-order valence-corrected chi connectivity index (χ3v) is 2.86. The molecule has 18 heavy (non-hydrogen) atoms. The van der Waals surface area contributed by atoms with Gasteiger partial charge in [0.2, 0.25) is 11.7 Å². The Morgan fingerprint density at radius 2 is 2.44 bits per heavy atom. The van der Waals surface area contributed by atoms with Gasteiger partial charge in [-0.3, -0.25) is 4.79 Å². The van der Waals surface area contributed by atoms with Gasteiger partial charge in [-0.05, 0) is 23.1 Å². The van der Waals surface area contributed by atoms with E-state index in [1.54, 1.807) is 11.3 Å². The molecule has 0 unspecified atom stereocenters. The zero-order chi connectivity index (χ0) is 12.8. The second-order valence-corrected chi connectivity index (χ2v) is 4.36. The summed E-state index contributed by atoms with van der Waals surface area (Å²) in [6.07, 6.45) is 0.538. The number of aromatic nitrogens is 4. The van der Waals surface area contributed by atoms with Crippen molar-refractivity contribution in [3.63, 3.8) is 0 Å². The van der Waals surface area contributed by atoms with E-state index in [1.165, 1.54) is 4.80 Å². The van der Waals surface area contributed by atoms with Crippen molar-refractivity contribution in [2.24, 2.45) is 0 Å². The number of hydrogen-bond acceptors (Lipinski definition) is 6. The summed E-state index contributed by atoms with van der Waals surface area (Å²) in [6, 6.07) is 1.90. The molecule has 7 nitrogen and oxygen atoms in total. The summed E-state index contributed by atoms with van der Waals surface area (Å²) in [5, 5.41) is 26.9. The van der Waals surface area contributed by atoms with E-state index in [1.807, 2.05) is 16.8 Å².